The first-order chi connectivity index (χ1) is 21.6. The fourth-order valence-corrected chi connectivity index (χ4v) is 9.45. The second-order valence-corrected chi connectivity index (χ2v) is 16.5. The minimum absolute atomic E-state index is 0.0757. The van der Waals surface area contributed by atoms with Gasteiger partial charge >= 0.3 is 0 Å². The number of ether oxygens (including phenoxy) is 1. The second kappa shape index (κ2) is 13.9. The second-order valence-electron chi connectivity index (χ2n) is 15.3. The van der Waals surface area contributed by atoms with Crippen molar-refractivity contribution in [1.82, 2.24) is 14.7 Å². The molecule has 254 valence electrons. The highest BCUT2D eigenvalue weighted by atomic mass is 79.9. The van der Waals surface area contributed by atoms with E-state index in [9.17, 15) is 14.7 Å². The van der Waals surface area contributed by atoms with E-state index in [1.807, 2.05) is 49.1 Å². The van der Waals surface area contributed by atoms with Gasteiger partial charge in [-0.05, 0) is 43.6 Å². The molecule has 1 spiro atoms. The topological polar surface area (TPSA) is 90.4 Å². The molecule has 2 bridgehead atoms. The molecule has 1 aromatic rings. The molecule has 3 amide bonds. The first kappa shape index (κ1) is 36.3. The van der Waals surface area contributed by atoms with Gasteiger partial charge in [-0.25, -0.2) is 0 Å². The zero-order valence-electron chi connectivity index (χ0n) is 28.7. The lowest BCUT2D eigenvalue weighted by atomic mass is 9.70. The van der Waals surface area contributed by atoms with Gasteiger partial charge in [-0.1, -0.05) is 99.5 Å². The Balaban J connectivity index is 1.84. The maximum absolute atomic E-state index is 15.1. The summed E-state index contributed by atoms with van der Waals surface area (Å²) < 4.78 is 6.86. The number of alkyl halides is 1. The Morgan fingerprint density at radius 3 is 2.30 bits per heavy atom. The lowest BCUT2D eigenvalue weighted by Crippen LogP contribution is -2.63. The molecule has 0 radical (unpaired) electrons. The number of rotatable bonds is 14. The average molecular weight is 701 g/mol. The summed E-state index contributed by atoms with van der Waals surface area (Å²) in [5.74, 6) is -2.44. The molecule has 9 heteroatoms. The molecule has 0 aromatic heterocycles. The summed E-state index contributed by atoms with van der Waals surface area (Å²) in [5.41, 5.74) is -0.905. The summed E-state index contributed by atoms with van der Waals surface area (Å²) in [6.45, 7) is 23.1. The number of nitrogens with zero attached hydrogens (tertiary/aromatic N) is 3. The minimum Gasteiger partial charge on any atom is -0.394 e. The van der Waals surface area contributed by atoms with E-state index in [-0.39, 0.29) is 40.5 Å². The average Bonchev–Trinajstić information content (AvgIpc) is 3.58. The van der Waals surface area contributed by atoms with E-state index in [2.05, 4.69) is 63.7 Å². The molecule has 8 atom stereocenters. The number of carbonyl (C=O) groups is 3. The van der Waals surface area contributed by atoms with Gasteiger partial charge in [0.15, 0.2) is 0 Å². The number of fused-ring (bicyclic) bond motifs is 1. The van der Waals surface area contributed by atoms with E-state index in [0.717, 1.165) is 5.56 Å². The predicted molar refractivity (Wildman–Crippen MR) is 185 cm³/mol. The van der Waals surface area contributed by atoms with Crippen LogP contribution < -0.4 is 0 Å². The van der Waals surface area contributed by atoms with Crippen LogP contribution in [0.1, 0.15) is 73.3 Å². The van der Waals surface area contributed by atoms with Crippen molar-refractivity contribution in [2.45, 2.75) is 108 Å². The van der Waals surface area contributed by atoms with Crippen LogP contribution in [0.5, 0.6) is 0 Å². The third kappa shape index (κ3) is 6.61. The summed E-state index contributed by atoms with van der Waals surface area (Å²) in [6.07, 6.45) is 4.67. The van der Waals surface area contributed by atoms with E-state index in [1.165, 1.54) is 0 Å². The van der Waals surface area contributed by atoms with Crippen molar-refractivity contribution >= 4 is 33.7 Å². The van der Waals surface area contributed by atoms with Crippen LogP contribution in [-0.2, 0) is 25.7 Å². The minimum atomic E-state index is -1.22. The van der Waals surface area contributed by atoms with Crippen LogP contribution in [0.25, 0.3) is 0 Å². The summed E-state index contributed by atoms with van der Waals surface area (Å²) in [4.78, 5) is 49.5. The molecule has 4 rings (SSSR count). The Morgan fingerprint density at radius 1 is 1.13 bits per heavy atom. The van der Waals surface area contributed by atoms with Crippen molar-refractivity contribution in [3.8, 4) is 0 Å². The molecule has 3 aliphatic rings. The van der Waals surface area contributed by atoms with Crippen molar-refractivity contribution < 1.29 is 24.2 Å². The number of benzene rings is 1. The van der Waals surface area contributed by atoms with Gasteiger partial charge in [0.25, 0.3) is 0 Å². The molecule has 3 fully saturated rings. The smallest absolute Gasteiger partial charge is 0.249 e. The summed E-state index contributed by atoms with van der Waals surface area (Å²) >= 11 is 3.81. The monoisotopic (exact) mass is 699 g/mol. The van der Waals surface area contributed by atoms with Gasteiger partial charge in [0.05, 0.1) is 30.6 Å². The van der Waals surface area contributed by atoms with Crippen LogP contribution in [-0.4, -0.2) is 91.4 Å². The summed E-state index contributed by atoms with van der Waals surface area (Å²) in [7, 11) is 0. The molecule has 3 unspecified atom stereocenters. The van der Waals surface area contributed by atoms with Crippen LogP contribution in [0.15, 0.2) is 55.6 Å². The Kier molecular flexibility index (Phi) is 11.0. The molecule has 46 heavy (non-hydrogen) atoms. The van der Waals surface area contributed by atoms with Crippen molar-refractivity contribution in [2.24, 2.45) is 23.2 Å². The maximum Gasteiger partial charge on any atom is 0.249 e. The zero-order chi connectivity index (χ0) is 34.2. The number of aliphatic hydroxyl groups is 1. The number of halogens is 1. The van der Waals surface area contributed by atoms with E-state index >= 15 is 4.79 Å². The third-order valence-corrected chi connectivity index (χ3v) is 11.1. The first-order valence-electron chi connectivity index (χ1n) is 16.7. The number of hydrogen-bond donors (Lipinski definition) is 1. The standard InChI is InChI=1S/C37H54BrN3O5/c1-10-18-39(21-25-16-14-13-15-17-25)32(43)28-29-33(44)41(27(22-42)24(4)12-3)31(37(29)20-26(38)30(28)46-37)34(45)40(19-11-2)36(8,9)23-35(5,6)7/h10-11,13-17,24,26-31,42H,1-2,12,18-23H2,3-9H3/t24-,26?,27-,28+,29-,30+,31?,37?/m0/s1. The van der Waals surface area contributed by atoms with Crippen molar-refractivity contribution in [1.29, 1.82) is 0 Å². The van der Waals surface area contributed by atoms with Crippen LogP contribution in [0.3, 0.4) is 0 Å². The van der Waals surface area contributed by atoms with Gasteiger partial charge in [-0.3, -0.25) is 14.4 Å². The van der Waals surface area contributed by atoms with E-state index in [1.54, 1.807) is 22.0 Å². The molecule has 8 nitrogen and oxygen atoms in total. The SMILES string of the molecule is C=CCN(Cc1ccccc1)C(=O)[C@H]1[C@@H]2OC3(CC2Br)C(C(=O)N(CC=C)C(C)(C)CC(C)(C)C)N([C@@H](CO)[C@@H](C)CC)C(=O)[C@H]13. The number of likely N-dealkylation sites (tertiary alicyclic amines) is 1. The van der Waals surface area contributed by atoms with Crippen molar-refractivity contribution in [3.05, 3.63) is 61.2 Å². The lowest BCUT2D eigenvalue weighted by molar-refractivity contribution is -0.157. The van der Waals surface area contributed by atoms with Gasteiger partial charge in [-0.2, -0.15) is 0 Å². The van der Waals surface area contributed by atoms with Gasteiger partial charge in [0, 0.05) is 30.0 Å². The molecule has 1 N–H and O–H groups in total. The van der Waals surface area contributed by atoms with Crippen molar-refractivity contribution in [2.75, 3.05) is 19.7 Å². The van der Waals surface area contributed by atoms with E-state index in [4.69, 9.17) is 4.74 Å². The molecule has 3 saturated heterocycles. The van der Waals surface area contributed by atoms with Gasteiger partial charge in [-0.15, -0.1) is 13.2 Å². The summed E-state index contributed by atoms with van der Waals surface area (Å²) in [6, 6.07) is 8.14. The Hall–Kier alpha value is -2.49. The molecule has 3 aliphatic heterocycles. The highest BCUT2D eigenvalue weighted by molar-refractivity contribution is 9.09. The Morgan fingerprint density at radius 2 is 1.76 bits per heavy atom. The van der Waals surface area contributed by atoms with Gasteiger partial charge < -0.3 is 24.5 Å². The van der Waals surface area contributed by atoms with Gasteiger partial charge in [0.1, 0.15) is 11.6 Å². The number of amides is 3. The third-order valence-electron chi connectivity index (χ3n) is 10.2. The largest absolute Gasteiger partial charge is 0.394 e. The van der Waals surface area contributed by atoms with Gasteiger partial charge in [0.2, 0.25) is 17.7 Å². The molecular weight excluding hydrogens is 646 g/mol. The fourth-order valence-electron chi connectivity index (χ4n) is 8.51. The highest BCUT2D eigenvalue weighted by Gasteiger charge is 2.77. The molecule has 0 saturated carbocycles. The van der Waals surface area contributed by atoms with E-state index < -0.39 is 41.2 Å². The lowest BCUT2D eigenvalue weighted by Gasteiger charge is -2.47. The Labute approximate surface area is 284 Å². The summed E-state index contributed by atoms with van der Waals surface area (Å²) in [5, 5.41) is 10.8. The molecule has 3 heterocycles. The molecular formula is C37H54BrN3O5. The highest BCUT2D eigenvalue weighted by Crippen LogP contribution is 2.61. The zero-order valence-corrected chi connectivity index (χ0v) is 30.3. The van der Waals surface area contributed by atoms with Crippen LogP contribution in [0, 0.1) is 23.2 Å². The molecule has 0 aliphatic carbocycles. The van der Waals surface area contributed by atoms with Crippen LogP contribution in [0.2, 0.25) is 0 Å². The molecule has 1 aromatic carbocycles. The Bertz CT molecular complexity index is 1300. The van der Waals surface area contributed by atoms with Crippen molar-refractivity contribution in [3.63, 3.8) is 0 Å². The predicted octanol–water partition coefficient (Wildman–Crippen LogP) is 5.59. The van der Waals surface area contributed by atoms with Crippen LogP contribution in [0.4, 0.5) is 0 Å². The maximum atomic E-state index is 15.1. The quantitative estimate of drug-likeness (QED) is 0.202. The fraction of sp³-hybridized carbons (Fsp3) is 0.649. The number of carbonyl (C=O) groups excluding carboxylic acids is 3. The van der Waals surface area contributed by atoms with Crippen LogP contribution >= 0.6 is 15.9 Å². The normalized spacial score (nSPS) is 28.5. The first-order valence-corrected chi connectivity index (χ1v) is 17.6. The number of aliphatic hydroxyl groups excluding tert-OH is 1. The van der Waals surface area contributed by atoms with E-state index in [0.29, 0.717) is 38.9 Å². The number of hydrogen-bond acceptors (Lipinski definition) is 5.